The quantitative estimate of drug-likeness (QED) is 0.672. The summed E-state index contributed by atoms with van der Waals surface area (Å²) in [6.45, 7) is 8.29. The smallest absolute Gasteiger partial charge is 0.191 e. The standard InChI is InChI=1S/C26H32FN3O4/c1-17(2)33-25-20-15-18(27)3-6-22(20)34-26(7-9-28-10-8-26)23(25)24(31)21-5-4-19(16-29-21)30-11-13-32-14-12-30/h3-6,15-17,23,25,28H,7-14H2,1-2H3/t23?,25-/m0/s1. The number of hydrogen-bond acceptors (Lipinski definition) is 7. The zero-order chi connectivity index (χ0) is 23.7. The van der Waals surface area contributed by atoms with Crippen molar-refractivity contribution in [3.05, 3.63) is 53.6 Å². The third-order valence-corrected chi connectivity index (χ3v) is 6.99. The predicted molar refractivity (Wildman–Crippen MR) is 126 cm³/mol. The van der Waals surface area contributed by atoms with Gasteiger partial charge < -0.3 is 24.4 Å². The van der Waals surface area contributed by atoms with Gasteiger partial charge in [0.1, 0.15) is 29.0 Å². The molecule has 5 rings (SSSR count). The van der Waals surface area contributed by atoms with Crippen LogP contribution in [0, 0.1) is 11.7 Å². The highest BCUT2D eigenvalue weighted by atomic mass is 19.1. The average molecular weight is 470 g/mol. The molecule has 1 N–H and O–H groups in total. The summed E-state index contributed by atoms with van der Waals surface area (Å²) < 4.78 is 32.6. The number of piperidine rings is 1. The number of fused-ring (bicyclic) bond motifs is 1. The zero-order valence-corrected chi connectivity index (χ0v) is 19.8. The number of Topliss-reactive ketones (excluding diaryl/α,β-unsaturated/α-hetero) is 1. The van der Waals surface area contributed by atoms with Gasteiger partial charge in [0.2, 0.25) is 0 Å². The minimum Gasteiger partial charge on any atom is -0.486 e. The van der Waals surface area contributed by atoms with E-state index in [1.165, 1.54) is 12.1 Å². The van der Waals surface area contributed by atoms with E-state index in [-0.39, 0.29) is 17.7 Å². The van der Waals surface area contributed by atoms with Crippen molar-refractivity contribution < 1.29 is 23.4 Å². The second-order valence-electron chi connectivity index (χ2n) is 9.55. The Morgan fingerprint density at radius 1 is 1.21 bits per heavy atom. The summed E-state index contributed by atoms with van der Waals surface area (Å²) >= 11 is 0. The first-order chi connectivity index (χ1) is 16.5. The fourth-order valence-corrected chi connectivity index (χ4v) is 5.36. The number of nitrogens with zero attached hydrogens (tertiary/aromatic N) is 2. The summed E-state index contributed by atoms with van der Waals surface area (Å²) in [6, 6.07) is 8.21. The molecule has 1 aromatic carbocycles. The van der Waals surface area contributed by atoms with Crippen LogP contribution in [0.15, 0.2) is 36.5 Å². The molecule has 1 unspecified atom stereocenters. The number of aromatic nitrogens is 1. The van der Waals surface area contributed by atoms with Crippen LogP contribution >= 0.6 is 0 Å². The van der Waals surface area contributed by atoms with Crippen molar-refractivity contribution in [3.8, 4) is 5.75 Å². The number of hydrogen-bond donors (Lipinski definition) is 1. The van der Waals surface area contributed by atoms with Gasteiger partial charge in [-0.25, -0.2) is 4.39 Å². The number of benzene rings is 1. The van der Waals surface area contributed by atoms with E-state index < -0.39 is 17.6 Å². The lowest BCUT2D eigenvalue weighted by atomic mass is 9.70. The molecular weight excluding hydrogens is 437 g/mol. The number of rotatable bonds is 5. The minimum absolute atomic E-state index is 0.129. The van der Waals surface area contributed by atoms with E-state index in [1.54, 1.807) is 18.3 Å². The summed E-state index contributed by atoms with van der Waals surface area (Å²) in [6.07, 6.45) is 2.30. The maximum Gasteiger partial charge on any atom is 0.191 e. The van der Waals surface area contributed by atoms with E-state index in [0.717, 1.165) is 31.9 Å². The molecule has 0 radical (unpaired) electrons. The molecule has 0 aliphatic carbocycles. The normalized spacial score (nSPS) is 24.1. The van der Waals surface area contributed by atoms with E-state index in [2.05, 4.69) is 15.2 Å². The molecule has 7 nitrogen and oxygen atoms in total. The Labute approximate surface area is 199 Å². The Bertz CT molecular complexity index is 1020. The highest BCUT2D eigenvalue weighted by Crippen LogP contribution is 2.50. The molecule has 3 aliphatic heterocycles. The summed E-state index contributed by atoms with van der Waals surface area (Å²) in [5.74, 6) is -0.544. The number of ether oxygens (including phenoxy) is 3. The van der Waals surface area contributed by atoms with Gasteiger partial charge in [0.15, 0.2) is 5.78 Å². The number of morpholine rings is 1. The molecule has 2 aromatic rings. The Balaban J connectivity index is 1.53. The molecule has 0 amide bonds. The van der Waals surface area contributed by atoms with E-state index >= 15 is 0 Å². The van der Waals surface area contributed by atoms with Crippen molar-refractivity contribution >= 4 is 11.5 Å². The molecule has 4 heterocycles. The van der Waals surface area contributed by atoms with Crippen LogP contribution < -0.4 is 15.0 Å². The van der Waals surface area contributed by atoms with Gasteiger partial charge in [0.25, 0.3) is 0 Å². The lowest BCUT2D eigenvalue weighted by Crippen LogP contribution is -2.58. The lowest BCUT2D eigenvalue weighted by Gasteiger charge is -2.49. The van der Waals surface area contributed by atoms with E-state index in [9.17, 15) is 9.18 Å². The number of pyridine rings is 1. The van der Waals surface area contributed by atoms with Crippen molar-refractivity contribution in [1.29, 1.82) is 0 Å². The molecule has 8 heteroatoms. The number of carbonyl (C=O) groups excluding carboxylic acids is 1. The van der Waals surface area contributed by atoms with Gasteiger partial charge in [-0.05, 0) is 57.3 Å². The summed E-state index contributed by atoms with van der Waals surface area (Å²) in [5, 5.41) is 3.36. The van der Waals surface area contributed by atoms with Gasteiger partial charge in [-0.3, -0.25) is 9.78 Å². The van der Waals surface area contributed by atoms with E-state index in [0.29, 0.717) is 43.1 Å². The minimum atomic E-state index is -0.739. The molecule has 2 saturated heterocycles. The monoisotopic (exact) mass is 469 g/mol. The van der Waals surface area contributed by atoms with Crippen LogP contribution in [0.1, 0.15) is 48.8 Å². The molecule has 182 valence electrons. The van der Waals surface area contributed by atoms with Crippen molar-refractivity contribution in [3.63, 3.8) is 0 Å². The molecule has 1 spiro atoms. The lowest BCUT2D eigenvalue weighted by molar-refractivity contribution is -0.114. The van der Waals surface area contributed by atoms with Crippen LogP contribution in [0.3, 0.4) is 0 Å². The highest BCUT2D eigenvalue weighted by Gasteiger charge is 2.55. The fraction of sp³-hybridized carbons (Fsp3) is 0.538. The first kappa shape index (κ1) is 23.2. The van der Waals surface area contributed by atoms with Crippen molar-refractivity contribution in [2.45, 2.75) is 44.5 Å². The number of anilines is 1. The summed E-state index contributed by atoms with van der Waals surface area (Å²) in [4.78, 5) is 20.8. The fourth-order valence-electron chi connectivity index (χ4n) is 5.36. The number of halogens is 1. The predicted octanol–water partition coefficient (Wildman–Crippen LogP) is 3.54. The first-order valence-electron chi connectivity index (χ1n) is 12.1. The Morgan fingerprint density at radius 2 is 1.97 bits per heavy atom. The van der Waals surface area contributed by atoms with Gasteiger partial charge in [0, 0.05) is 31.5 Å². The SMILES string of the molecule is CC(C)O[C@H]1c2cc(F)ccc2OC2(CCNCC2)C1C(=O)c1ccc(N2CCOCC2)cn1. The van der Waals surface area contributed by atoms with Crippen LogP contribution in [0.4, 0.5) is 10.1 Å². The second kappa shape index (κ2) is 9.60. The number of carbonyl (C=O) groups is 1. The molecular formula is C26H32FN3O4. The Kier molecular flexibility index (Phi) is 6.55. The van der Waals surface area contributed by atoms with Crippen LogP contribution in [0.5, 0.6) is 5.75 Å². The zero-order valence-electron chi connectivity index (χ0n) is 19.8. The highest BCUT2D eigenvalue weighted by molar-refractivity contribution is 5.98. The molecule has 0 bridgehead atoms. The molecule has 3 aliphatic rings. The van der Waals surface area contributed by atoms with Crippen molar-refractivity contribution in [2.24, 2.45) is 5.92 Å². The van der Waals surface area contributed by atoms with Gasteiger partial charge in [-0.15, -0.1) is 0 Å². The van der Waals surface area contributed by atoms with Crippen molar-refractivity contribution in [2.75, 3.05) is 44.3 Å². The summed E-state index contributed by atoms with van der Waals surface area (Å²) in [5.41, 5.74) is 1.19. The van der Waals surface area contributed by atoms with Gasteiger partial charge in [-0.2, -0.15) is 0 Å². The second-order valence-corrected chi connectivity index (χ2v) is 9.55. The van der Waals surface area contributed by atoms with E-state index in [4.69, 9.17) is 14.2 Å². The number of ketones is 1. The molecule has 2 atom stereocenters. The maximum atomic E-state index is 14.3. The Hall–Kier alpha value is -2.55. The molecule has 2 fully saturated rings. The van der Waals surface area contributed by atoms with Crippen LogP contribution in [0.25, 0.3) is 0 Å². The van der Waals surface area contributed by atoms with Gasteiger partial charge >= 0.3 is 0 Å². The van der Waals surface area contributed by atoms with Crippen molar-refractivity contribution in [1.82, 2.24) is 10.3 Å². The Morgan fingerprint density at radius 3 is 2.65 bits per heavy atom. The topological polar surface area (TPSA) is 72.9 Å². The maximum absolute atomic E-state index is 14.3. The molecule has 34 heavy (non-hydrogen) atoms. The third-order valence-electron chi connectivity index (χ3n) is 6.99. The largest absolute Gasteiger partial charge is 0.486 e. The van der Waals surface area contributed by atoms with Gasteiger partial charge in [-0.1, -0.05) is 0 Å². The number of nitrogens with one attached hydrogen (secondary N) is 1. The third kappa shape index (κ3) is 4.42. The first-order valence-corrected chi connectivity index (χ1v) is 12.1. The van der Waals surface area contributed by atoms with Crippen LogP contribution in [-0.4, -0.2) is 61.9 Å². The molecule has 1 aromatic heterocycles. The van der Waals surface area contributed by atoms with E-state index in [1.807, 2.05) is 19.9 Å². The summed E-state index contributed by atoms with van der Waals surface area (Å²) in [7, 11) is 0. The van der Waals surface area contributed by atoms with Crippen LogP contribution in [0.2, 0.25) is 0 Å². The van der Waals surface area contributed by atoms with Gasteiger partial charge in [0.05, 0.1) is 37.1 Å². The average Bonchev–Trinajstić information content (AvgIpc) is 2.85. The molecule has 0 saturated carbocycles. The van der Waals surface area contributed by atoms with Crippen LogP contribution in [-0.2, 0) is 9.47 Å².